The lowest BCUT2D eigenvalue weighted by Gasteiger charge is -2.18. The van der Waals surface area contributed by atoms with E-state index in [-0.39, 0.29) is 16.1 Å². The Kier molecular flexibility index (Phi) is 4.70. The van der Waals surface area contributed by atoms with Crippen molar-refractivity contribution >= 4 is 29.3 Å². The third kappa shape index (κ3) is 2.89. The molecule has 0 fully saturated rings. The van der Waals surface area contributed by atoms with E-state index in [1.807, 2.05) is 5.32 Å². The monoisotopic (exact) mass is 298 g/mol. The summed E-state index contributed by atoms with van der Waals surface area (Å²) in [4.78, 5) is 22.3. The number of nitrogens with zero attached hydrogens (tertiary/aromatic N) is 1. The van der Waals surface area contributed by atoms with Crippen molar-refractivity contribution in [3.05, 3.63) is 23.5 Å². The number of rotatable bonds is 4. The summed E-state index contributed by atoms with van der Waals surface area (Å²) in [7, 11) is 0. The first-order chi connectivity index (χ1) is 9.25. The van der Waals surface area contributed by atoms with E-state index in [2.05, 4.69) is 0 Å². The fraction of sp³-hybridized carbons (Fsp3) is 0.250. The lowest BCUT2D eigenvalue weighted by atomic mass is 10.1. The number of halogens is 1. The molecule has 0 aliphatic carbocycles. The van der Waals surface area contributed by atoms with E-state index in [0.717, 1.165) is 24.8 Å². The lowest BCUT2D eigenvalue weighted by molar-refractivity contribution is -0.161. The molecule has 106 valence electrons. The van der Waals surface area contributed by atoms with Gasteiger partial charge < -0.3 is 15.5 Å². The quantitative estimate of drug-likeness (QED) is 0.569. The molecule has 0 spiro atoms. The summed E-state index contributed by atoms with van der Waals surface area (Å²) in [5, 5.41) is 28.9. The minimum absolute atomic E-state index is 0.0280. The Bertz CT molecular complexity index is 610. The highest BCUT2D eigenvalue weighted by atomic mass is 32.2. The Labute approximate surface area is 118 Å². The number of hydrogen-bond acceptors (Lipinski definition) is 5. The number of anilines is 1. The van der Waals surface area contributed by atoms with E-state index in [1.165, 1.54) is 6.07 Å². The predicted octanol–water partition coefficient (Wildman–Crippen LogP) is 1.19. The van der Waals surface area contributed by atoms with E-state index in [0.29, 0.717) is 0 Å². The van der Waals surface area contributed by atoms with Crippen LogP contribution in [-0.2, 0) is 9.59 Å². The van der Waals surface area contributed by atoms with Gasteiger partial charge in [0.2, 0.25) is 5.60 Å². The number of aliphatic hydroxyl groups is 1. The summed E-state index contributed by atoms with van der Waals surface area (Å²) in [5.74, 6) is -3.89. The molecular formula is C12H11FN2O4S. The van der Waals surface area contributed by atoms with E-state index < -0.39 is 23.3 Å². The maximum absolute atomic E-state index is 14.1. The van der Waals surface area contributed by atoms with Crippen LogP contribution in [0.15, 0.2) is 17.0 Å². The number of thioether (sulfide) groups is 1. The maximum atomic E-state index is 14.1. The number of carbonyl (C=O) groups excluding carboxylic acids is 1. The van der Waals surface area contributed by atoms with Crippen LogP contribution in [0.2, 0.25) is 0 Å². The second-order valence-electron chi connectivity index (χ2n) is 3.95. The number of nitriles is 1. The number of amides is 1. The van der Waals surface area contributed by atoms with Gasteiger partial charge in [-0.05, 0) is 25.3 Å². The van der Waals surface area contributed by atoms with Crippen LogP contribution in [0, 0.1) is 17.1 Å². The summed E-state index contributed by atoms with van der Waals surface area (Å²) in [5.41, 5.74) is -2.89. The van der Waals surface area contributed by atoms with Crippen LogP contribution in [0.3, 0.4) is 0 Å². The van der Waals surface area contributed by atoms with Crippen molar-refractivity contribution in [2.24, 2.45) is 0 Å². The maximum Gasteiger partial charge on any atom is 0.345 e. The summed E-state index contributed by atoms with van der Waals surface area (Å²) in [6.07, 6.45) is 1.55. The first kappa shape index (κ1) is 15.9. The molecule has 0 saturated carbocycles. The molecule has 8 heteroatoms. The van der Waals surface area contributed by atoms with Gasteiger partial charge in [-0.15, -0.1) is 11.8 Å². The van der Waals surface area contributed by atoms with Gasteiger partial charge in [-0.1, -0.05) is 0 Å². The van der Waals surface area contributed by atoms with Gasteiger partial charge in [0.15, 0.2) is 5.82 Å². The molecule has 0 aliphatic heterocycles. The van der Waals surface area contributed by atoms with Gasteiger partial charge in [-0.25, -0.2) is 9.18 Å². The molecule has 6 nitrogen and oxygen atoms in total. The predicted molar refractivity (Wildman–Crippen MR) is 69.8 cm³/mol. The summed E-state index contributed by atoms with van der Waals surface area (Å²) < 4.78 is 14.1. The molecule has 20 heavy (non-hydrogen) atoms. The largest absolute Gasteiger partial charge is 0.479 e. The Morgan fingerprint density at radius 1 is 1.50 bits per heavy atom. The van der Waals surface area contributed by atoms with Gasteiger partial charge in [-0.2, -0.15) is 5.26 Å². The number of aliphatic carboxylic acids is 1. The molecule has 1 rings (SSSR count). The molecule has 0 radical (unpaired) electrons. The van der Waals surface area contributed by atoms with E-state index in [4.69, 9.17) is 10.4 Å². The molecule has 1 atom stereocenters. The number of benzene rings is 1. The normalized spacial score (nSPS) is 13.2. The van der Waals surface area contributed by atoms with Crippen LogP contribution in [0.25, 0.3) is 0 Å². The molecule has 0 bridgehead atoms. The van der Waals surface area contributed by atoms with E-state index >= 15 is 0 Å². The van der Waals surface area contributed by atoms with Crippen LogP contribution >= 0.6 is 11.8 Å². The number of carboxylic acids is 1. The molecule has 3 N–H and O–H groups in total. The zero-order valence-electron chi connectivity index (χ0n) is 10.6. The Morgan fingerprint density at radius 3 is 2.55 bits per heavy atom. The van der Waals surface area contributed by atoms with Gasteiger partial charge >= 0.3 is 5.97 Å². The van der Waals surface area contributed by atoms with Crippen molar-refractivity contribution in [1.82, 2.24) is 0 Å². The van der Waals surface area contributed by atoms with Crippen molar-refractivity contribution < 1.29 is 24.2 Å². The zero-order valence-corrected chi connectivity index (χ0v) is 11.4. The highest BCUT2D eigenvalue weighted by molar-refractivity contribution is 7.98. The highest BCUT2D eigenvalue weighted by Crippen LogP contribution is 2.29. The highest BCUT2D eigenvalue weighted by Gasteiger charge is 2.39. The van der Waals surface area contributed by atoms with Crippen LogP contribution in [0.1, 0.15) is 12.5 Å². The average Bonchev–Trinajstić information content (AvgIpc) is 2.40. The SMILES string of the molecule is CSc1c(C#N)ccc(NC(=O)C(C)(O)C(=O)O)c1F. The third-order valence-electron chi connectivity index (χ3n) is 2.53. The molecule has 1 aromatic rings. The minimum atomic E-state index is -2.68. The fourth-order valence-corrected chi connectivity index (χ4v) is 1.90. The molecule has 1 aromatic carbocycles. The Morgan fingerprint density at radius 2 is 2.10 bits per heavy atom. The Hall–Kier alpha value is -2.11. The number of hydrogen-bond donors (Lipinski definition) is 3. The first-order valence-corrected chi connectivity index (χ1v) is 6.52. The van der Waals surface area contributed by atoms with Crippen LogP contribution in [0.4, 0.5) is 10.1 Å². The minimum Gasteiger partial charge on any atom is -0.479 e. The van der Waals surface area contributed by atoms with Gasteiger partial charge in [0.25, 0.3) is 5.91 Å². The lowest BCUT2D eigenvalue weighted by Crippen LogP contribution is -2.47. The number of carboxylic acid groups (broad SMARTS) is 1. The van der Waals surface area contributed by atoms with Crippen molar-refractivity contribution in [3.8, 4) is 6.07 Å². The van der Waals surface area contributed by atoms with Gasteiger partial charge in [0.05, 0.1) is 16.1 Å². The summed E-state index contributed by atoms with van der Waals surface area (Å²) in [6.45, 7) is 0.779. The average molecular weight is 298 g/mol. The molecular weight excluding hydrogens is 287 g/mol. The Balaban J connectivity index is 3.16. The molecule has 0 saturated heterocycles. The van der Waals surface area contributed by atoms with Gasteiger partial charge in [0.1, 0.15) is 6.07 Å². The second kappa shape index (κ2) is 5.90. The third-order valence-corrected chi connectivity index (χ3v) is 3.34. The van der Waals surface area contributed by atoms with Crippen LogP contribution < -0.4 is 5.32 Å². The van der Waals surface area contributed by atoms with Gasteiger partial charge in [-0.3, -0.25) is 4.79 Å². The number of nitrogens with one attached hydrogen (secondary N) is 1. The molecule has 1 amide bonds. The summed E-state index contributed by atoms with van der Waals surface area (Å²) >= 11 is 0.974. The molecule has 0 aliphatic rings. The van der Waals surface area contributed by atoms with Crippen molar-refractivity contribution in [3.63, 3.8) is 0 Å². The smallest absolute Gasteiger partial charge is 0.345 e. The fourth-order valence-electron chi connectivity index (χ4n) is 1.28. The van der Waals surface area contributed by atoms with E-state index in [9.17, 15) is 19.1 Å². The molecule has 0 aromatic heterocycles. The molecule has 1 unspecified atom stereocenters. The van der Waals surface area contributed by atoms with Crippen molar-refractivity contribution in [2.75, 3.05) is 11.6 Å². The topological polar surface area (TPSA) is 110 Å². The number of carbonyl (C=O) groups is 2. The summed E-state index contributed by atoms with van der Waals surface area (Å²) in [6, 6.07) is 4.22. The van der Waals surface area contributed by atoms with Gasteiger partial charge in [0, 0.05) is 0 Å². The van der Waals surface area contributed by atoms with Crippen molar-refractivity contribution in [2.45, 2.75) is 17.4 Å². The van der Waals surface area contributed by atoms with Crippen molar-refractivity contribution in [1.29, 1.82) is 5.26 Å². The first-order valence-electron chi connectivity index (χ1n) is 5.29. The van der Waals surface area contributed by atoms with E-state index in [1.54, 1.807) is 12.3 Å². The molecule has 0 heterocycles. The second-order valence-corrected chi connectivity index (χ2v) is 4.77. The van der Waals surface area contributed by atoms with Crippen LogP contribution in [-0.4, -0.2) is 33.9 Å². The standard InChI is InChI=1S/C12H11FN2O4S/c1-12(19,11(17)18)10(16)15-7-4-3-6(5-14)9(20-2)8(7)13/h3-4,19H,1-2H3,(H,15,16)(H,17,18). The van der Waals surface area contributed by atoms with Crippen LogP contribution in [0.5, 0.6) is 0 Å². The zero-order chi connectivity index (χ0) is 15.5.